The number of anilines is 1. The Bertz CT molecular complexity index is 1020. The molecule has 1 amide bonds. The highest BCUT2D eigenvalue weighted by atomic mass is 35.5. The Morgan fingerprint density at radius 2 is 1.93 bits per heavy atom. The van der Waals surface area contributed by atoms with Gasteiger partial charge in [0.05, 0.1) is 11.8 Å². The van der Waals surface area contributed by atoms with E-state index in [1.165, 1.54) is 6.20 Å². The molecule has 2 aromatic heterocycles. The number of aromatic nitrogens is 2. The number of aryl methyl sites for hydroxylation is 1. The molecule has 2 heterocycles. The molecule has 0 radical (unpaired) electrons. The number of hydrogen-bond acceptors (Lipinski definition) is 4. The van der Waals surface area contributed by atoms with Crippen LogP contribution in [0, 0.1) is 13.8 Å². The predicted molar refractivity (Wildman–Crippen MR) is 114 cm³/mol. The topological polar surface area (TPSA) is 62.5 Å². The molecule has 3 aromatic rings. The van der Waals surface area contributed by atoms with Crippen LogP contribution in [-0.2, 0) is 0 Å². The zero-order chi connectivity index (χ0) is 20.3. The van der Waals surface area contributed by atoms with Gasteiger partial charge in [0.25, 0.3) is 5.91 Å². The van der Waals surface area contributed by atoms with E-state index in [0.717, 1.165) is 28.3 Å². The first kappa shape index (κ1) is 19.6. The van der Waals surface area contributed by atoms with Crippen molar-refractivity contribution >= 4 is 29.4 Å². The Morgan fingerprint density at radius 1 is 1.21 bits per heavy atom. The van der Waals surface area contributed by atoms with Crippen LogP contribution in [0.1, 0.15) is 27.3 Å². The maximum absolute atomic E-state index is 12.2. The molecule has 0 spiro atoms. The minimum atomic E-state index is -0.401. The van der Waals surface area contributed by atoms with Gasteiger partial charge in [-0.2, -0.15) is 5.10 Å². The lowest BCUT2D eigenvalue weighted by Gasteiger charge is -2.14. The first-order chi connectivity index (χ1) is 13.4. The van der Waals surface area contributed by atoms with Gasteiger partial charge in [-0.25, -0.2) is 10.4 Å². The quantitative estimate of drug-likeness (QED) is 0.404. The highest BCUT2D eigenvalue weighted by Crippen LogP contribution is 2.22. The van der Waals surface area contributed by atoms with Crippen LogP contribution in [-0.4, -0.2) is 35.8 Å². The van der Waals surface area contributed by atoms with Crippen molar-refractivity contribution < 1.29 is 4.79 Å². The van der Waals surface area contributed by atoms with E-state index in [9.17, 15) is 4.79 Å². The molecule has 0 aliphatic carbocycles. The van der Waals surface area contributed by atoms with Crippen molar-refractivity contribution in [2.75, 3.05) is 19.0 Å². The minimum absolute atomic E-state index is 0.148. The number of carbonyl (C=O) groups excluding carboxylic acids is 1. The Kier molecular flexibility index (Phi) is 5.80. The van der Waals surface area contributed by atoms with Crippen LogP contribution < -0.4 is 10.3 Å². The molecule has 7 heteroatoms. The third-order valence-electron chi connectivity index (χ3n) is 4.47. The SMILES string of the molecule is Cc1cc(C=NNC(=O)c2cccnc2Cl)c(C)n1-c1ccc(N(C)C)cc1. The summed E-state index contributed by atoms with van der Waals surface area (Å²) in [6, 6.07) is 13.6. The number of nitrogens with one attached hydrogen (secondary N) is 1. The van der Waals surface area contributed by atoms with E-state index in [2.05, 4.69) is 49.2 Å². The smallest absolute Gasteiger partial charge is 0.274 e. The van der Waals surface area contributed by atoms with Crippen LogP contribution >= 0.6 is 11.6 Å². The molecule has 6 nitrogen and oxygen atoms in total. The molecule has 0 fully saturated rings. The molecule has 0 saturated carbocycles. The summed E-state index contributed by atoms with van der Waals surface area (Å²) in [4.78, 5) is 18.1. The van der Waals surface area contributed by atoms with Gasteiger partial charge in [-0.05, 0) is 56.3 Å². The van der Waals surface area contributed by atoms with E-state index in [-0.39, 0.29) is 10.7 Å². The van der Waals surface area contributed by atoms with Gasteiger partial charge in [-0.1, -0.05) is 11.6 Å². The van der Waals surface area contributed by atoms with Gasteiger partial charge in [0.15, 0.2) is 0 Å². The summed E-state index contributed by atoms with van der Waals surface area (Å²) in [5.41, 5.74) is 8.04. The van der Waals surface area contributed by atoms with Crippen LogP contribution in [0.5, 0.6) is 0 Å². The van der Waals surface area contributed by atoms with Crippen molar-refractivity contribution in [3.63, 3.8) is 0 Å². The third-order valence-corrected chi connectivity index (χ3v) is 4.77. The minimum Gasteiger partial charge on any atom is -0.378 e. The number of amides is 1. The monoisotopic (exact) mass is 395 g/mol. The number of hydrazone groups is 1. The number of hydrogen-bond donors (Lipinski definition) is 1. The Morgan fingerprint density at radius 3 is 2.57 bits per heavy atom. The number of pyridine rings is 1. The van der Waals surface area contributed by atoms with Crippen molar-refractivity contribution in [1.29, 1.82) is 0 Å². The van der Waals surface area contributed by atoms with Gasteiger partial charge in [-0.15, -0.1) is 0 Å². The summed E-state index contributed by atoms with van der Waals surface area (Å²) in [5, 5.41) is 4.22. The number of carbonyl (C=O) groups is 1. The highest BCUT2D eigenvalue weighted by Gasteiger charge is 2.11. The molecule has 3 rings (SSSR count). The number of halogens is 1. The van der Waals surface area contributed by atoms with Crippen molar-refractivity contribution in [1.82, 2.24) is 15.0 Å². The van der Waals surface area contributed by atoms with Crippen molar-refractivity contribution in [2.24, 2.45) is 5.10 Å². The number of nitrogens with zero attached hydrogens (tertiary/aromatic N) is 4. The third kappa shape index (κ3) is 4.07. The largest absolute Gasteiger partial charge is 0.378 e. The fourth-order valence-corrected chi connectivity index (χ4v) is 3.20. The molecule has 144 valence electrons. The molecule has 0 bridgehead atoms. The van der Waals surface area contributed by atoms with Crippen molar-refractivity contribution in [3.05, 3.63) is 76.3 Å². The molecular formula is C21H22ClN5O. The zero-order valence-corrected chi connectivity index (χ0v) is 17.0. The second kappa shape index (κ2) is 8.27. The van der Waals surface area contributed by atoms with E-state index < -0.39 is 5.91 Å². The number of benzene rings is 1. The Hall–Kier alpha value is -3.12. The molecule has 0 atom stereocenters. The van der Waals surface area contributed by atoms with Gasteiger partial charge in [-0.3, -0.25) is 4.79 Å². The summed E-state index contributed by atoms with van der Waals surface area (Å²) in [6.07, 6.45) is 3.16. The summed E-state index contributed by atoms with van der Waals surface area (Å²) >= 11 is 5.93. The molecule has 0 aliphatic heterocycles. The van der Waals surface area contributed by atoms with Gasteiger partial charge >= 0.3 is 0 Å². The van der Waals surface area contributed by atoms with Gasteiger partial charge in [0.2, 0.25) is 0 Å². The van der Waals surface area contributed by atoms with Crippen LogP contribution in [0.2, 0.25) is 5.15 Å². The zero-order valence-electron chi connectivity index (χ0n) is 16.3. The summed E-state index contributed by atoms with van der Waals surface area (Å²) in [5.74, 6) is -0.401. The summed E-state index contributed by atoms with van der Waals surface area (Å²) in [7, 11) is 4.03. The molecule has 1 N–H and O–H groups in total. The summed E-state index contributed by atoms with van der Waals surface area (Å²) in [6.45, 7) is 4.06. The van der Waals surface area contributed by atoms with Gasteiger partial charge in [0.1, 0.15) is 5.15 Å². The van der Waals surface area contributed by atoms with Crippen LogP contribution in [0.4, 0.5) is 5.69 Å². The van der Waals surface area contributed by atoms with E-state index in [1.54, 1.807) is 18.3 Å². The first-order valence-corrected chi connectivity index (χ1v) is 9.17. The lowest BCUT2D eigenvalue weighted by Crippen LogP contribution is -2.18. The Balaban J connectivity index is 1.79. The highest BCUT2D eigenvalue weighted by molar-refractivity contribution is 6.32. The molecule has 0 aliphatic rings. The second-order valence-corrected chi connectivity index (χ2v) is 6.97. The van der Waals surface area contributed by atoms with Crippen LogP contribution in [0.15, 0.2) is 53.8 Å². The molecular weight excluding hydrogens is 374 g/mol. The average molecular weight is 396 g/mol. The molecule has 1 aromatic carbocycles. The number of rotatable bonds is 5. The normalized spacial score (nSPS) is 11.0. The van der Waals surface area contributed by atoms with Gasteiger partial charge in [0, 0.05) is 48.6 Å². The molecule has 0 saturated heterocycles. The van der Waals surface area contributed by atoms with Gasteiger partial charge < -0.3 is 9.47 Å². The van der Waals surface area contributed by atoms with Crippen LogP contribution in [0.25, 0.3) is 5.69 Å². The van der Waals surface area contributed by atoms with E-state index in [1.807, 2.05) is 34.0 Å². The fourth-order valence-electron chi connectivity index (χ4n) is 2.99. The predicted octanol–water partition coefficient (Wildman–Crippen LogP) is 3.97. The van der Waals surface area contributed by atoms with E-state index in [4.69, 9.17) is 11.6 Å². The summed E-state index contributed by atoms with van der Waals surface area (Å²) < 4.78 is 2.15. The van der Waals surface area contributed by atoms with E-state index in [0.29, 0.717) is 0 Å². The standard InChI is InChI=1S/C21H22ClN5O/c1-14-12-16(13-24-25-21(28)19-6-5-11-23-20(19)22)15(2)27(14)18-9-7-17(8-10-18)26(3)4/h5-13H,1-4H3,(H,25,28). The molecule has 28 heavy (non-hydrogen) atoms. The van der Waals surface area contributed by atoms with E-state index >= 15 is 0 Å². The second-order valence-electron chi connectivity index (χ2n) is 6.61. The Labute approximate surface area is 169 Å². The lowest BCUT2D eigenvalue weighted by molar-refractivity contribution is 0.0955. The molecule has 0 unspecified atom stereocenters. The fraction of sp³-hybridized carbons (Fsp3) is 0.190. The van der Waals surface area contributed by atoms with Crippen LogP contribution in [0.3, 0.4) is 0 Å². The van der Waals surface area contributed by atoms with Crippen molar-refractivity contribution in [3.8, 4) is 5.69 Å². The average Bonchev–Trinajstić information content (AvgIpc) is 2.95. The van der Waals surface area contributed by atoms with Crippen molar-refractivity contribution in [2.45, 2.75) is 13.8 Å². The maximum Gasteiger partial charge on any atom is 0.274 e. The first-order valence-electron chi connectivity index (χ1n) is 8.79. The lowest BCUT2D eigenvalue weighted by atomic mass is 10.2. The maximum atomic E-state index is 12.2.